The molecular formula is C67H116O6. The highest BCUT2D eigenvalue weighted by molar-refractivity contribution is 5.71. The number of rotatable bonds is 56. The van der Waals surface area contributed by atoms with Crippen molar-refractivity contribution in [3.63, 3.8) is 0 Å². The molecule has 0 heterocycles. The Morgan fingerprint density at radius 2 is 0.507 bits per heavy atom. The van der Waals surface area contributed by atoms with Gasteiger partial charge in [-0.3, -0.25) is 14.4 Å². The van der Waals surface area contributed by atoms with E-state index in [2.05, 4.69) is 106 Å². The number of unbranched alkanes of at least 4 members (excludes halogenated alkanes) is 31. The molecule has 0 aliphatic carbocycles. The van der Waals surface area contributed by atoms with Gasteiger partial charge in [0.1, 0.15) is 13.2 Å². The molecule has 0 rings (SSSR count). The summed E-state index contributed by atoms with van der Waals surface area (Å²) in [4.78, 5) is 38.3. The number of ether oxygens (including phenoxy) is 3. The monoisotopic (exact) mass is 1020 g/mol. The average molecular weight is 1020 g/mol. The zero-order valence-electron chi connectivity index (χ0n) is 48.1. The number of hydrogen-bond donors (Lipinski definition) is 0. The minimum absolute atomic E-state index is 0.0957. The largest absolute Gasteiger partial charge is 0.462 e. The minimum atomic E-state index is -0.803. The summed E-state index contributed by atoms with van der Waals surface area (Å²) in [6.45, 7) is 6.56. The van der Waals surface area contributed by atoms with Gasteiger partial charge in [-0.15, -0.1) is 0 Å². The number of carbonyl (C=O) groups excluding carboxylic acids is 3. The summed E-state index contributed by atoms with van der Waals surface area (Å²) in [6, 6.07) is 0. The number of hydrogen-bond acceptors (Lipinski definition) is 6. The lowest BCUT2D eigenvalue weighted by molar-refractivity contribution is -0.167. The van der Waals surface area contributed by atoms with Crippen LogP contribution in [0.15, 0.2) is 85.1 Å². The first-order chi connectivity index (χ1) is 36.0. The third-order valence-electron chi connectivity index (χ3n) is 13.3. The fourth-order valence-electron chi connectivity index (χ4n) is 8.64. The van der Waals surface area contributed by atoms with Crippen molar-refractivity contribution in [2.45, 2.75) is 309 Å². The second kappa shape index (κ2) is 61.1. The van der Waals surface area contributed by atoms with Crippen molar-refractivity contribution in [3.05, 3.63) is 85.1 Å². The van der Waals surface area contributed by atoms with Gasteiger partial charge < -0.3 is 14.2 Å². The van der Waals surface area contributed by atoms with Crippen molar-refractivity contribution in [2.75, 3.05) is 13.2 Å². The third kappa shape index (κ3) is 59.3. The Kier molecular flexibility index (Phi) is 58.3. The van der Waals surface area contributed by atoms with Crippen molar-refractivity contribution in [1.29, 1.82) is 0 Å². The molecule has 0 N–H and O–H groups in total. The fourth-order valence-corrected chi connectivity index (χ4v) is 8.64. The zero-order chi connectivity index (χ0) is 52.9. The topological polar surface area (TPSA) is 78.9 Å². The molecule has 0 saturated heterocycles. The van der Waals surface area contributed by atoms with Gasteiger partial charge in [-0.05, 0) is 116 Å². The van der Waals surface area contributed by atoms with Crippen LogP contribution in [0.25, 0.3) is 0 Å². The Labute approximate surface area is 452 Å². The third-order valence-corrected chi connectivity index (χ3v) is 13.3. The van der Waals surface area contributed by atoms with E-state index in [4.69, 9.17) is 14.2 Å². The lowest BCUT2D eigenvalue weighted by Crippen LogP contribution is -2.30. The van der Waals surface area contributed by atoms with Crippen LogP contribution in [0.3, 0.4) is 0 Å². The maximum atomic E-state index is 12.9. The Morgan fingerprint density at radius 3 is 0.863 bits per heavy atom. The summed E-state index contributed by atoms with van der Waals surface area (Å²) in [5.41, 5.74) is 0. The summed E-state index contributed by atoms with van der Waals surface area (Å²) in [5, 5.41) is 0. The zero-order valence-corrected chi connectivity index (χ0v) is 48.1. The molecule has 0 spiro atoms. The minimum Gasteiger partial charge on any atom is -0.462 e. The van der Waals surface area contributed by atoms with Crippen LogP contribution in [0.2, 0.25) is 0 Å². The number of carbonyl (C=O) groups is 3. The molecule has 0 saturated carbocycles. The highest BCUT2D eigenvalue weighted by Crippen LogP contribution is 2.15. The lowest BCUT2D eigenvalue weighted by Gasteiger charge is -2.18. The average Bonchev–Trinajstić information content (AvgIpc) is 3.39. The van der Waals surface area contributed by atoms with Crippen LogP contribution in [0.5, 0.6) is 0 Å². The summed E-state index contributed by atoms with van der Waals surface area (Å²) in [5.74, 6) is -0.950. The van der Waals surface area contributed by atoms with Crippen molar-refractivity contribution in [2.24, 2.45) is 0 Å². The predicted octanol–water partition coefficient (Wildman–Crippen LogP) is 21.1. The van der Waals surface area contributed by atoms with Crippen LogP contribution < -0.4 is 0 Å². The quantitative estimate of drug-likeness (QED) is 0.0261. The molecule has 6 heteroatoms. The summed E-state index contributed by atoms with van der Waals surface area (Å²) >= 11 is 0. The van der Waals surface area contributed by atoms with Crippen molar-refractivity contribution in [3.8, 4) is 0 Å². The summed E-state index contributed by atoms with van der Waals surface area (Å²) < 4.78 is 16.9. The molecule has 0 aromatic rings. The molecule has 0 bridgehead atoms. The SMILES string of the molecule is CCCCC/C=C\C/C=C\C/C=C\C/C=C\CCCC(=O)OC[C@@H](COC(=O)CCCCCCCCCCC/C=C\C/C=C\CCCCC)OC(=O)CCCCCCCCCCC/C=C\CCCCCCCC. The lowest BCUT2D eigenvalue weighted by atomic mass is 10.1. The van der Waals surface area contributed by atoms with E-state index in [1.165, 1.54) is 186 Å². The molecule has 420 valence electrons. The van der Waals surface area contributed by atoms with Gasteiger partial charge >= 0.3 is 17.9 Å². The molecule has 0 aromatic carbocycles. The fraction of sp³-hybridized carbons (Fsp3) is 0.746. The molecule has 0 amide bonds. The van der Waals surface area contributed by atoms with Gasteiger partial charge in [0.25, 0.3) is 0 Å². The molecule has 0 unspecified atom stereocenters. The maximum Gasteiger partial charge on any atom is 0.306 e. The molecule has 0 aromatic heterocycles. The van der Waals surface area contributed by atoms with E-state index in [0.29, 0.717) is 19.3 Å². The molecule has 0 radical (unpaired) electrons. The van der Waals surface area contributed by atoms with E-state index in [0.717, 1.165) is 70.6 Å². The van der Waals surface area contributed by atoms with E-state index in [1.54, 1.807) is 0 Å². The van der Waals surface area contributed by atoms with Crippen LogP contribution >= 0.6 is 0 Å². The van der Waals surface area contributed by atoms with E-state index in [-0.39, 0.29) is 37.5 Å². The maximum absolute atomic E-state index is 12.9. The van der Waals surface area contributed by atoms with Crippen LogP contribution in [0, 0.1) is 0 Å². The van der Waals surface area contributed by atoms with Gasteiger partial charge in [-0.25, -0.2) is 0 Å². The number of allylic oxidation sites excluding steroid dienone is 14. The van der Waals surface area contributed by atoms with E-state index < -0.39 is 6.10 Å². The Hall–Kier alpha value is -3.41. The second-order valence-electron chi connectivity index (χ2n) is 20.6. The Morgan fingerprint density at radius 1 is 0.274 bits per heavy atom. The van der Waals surface area contributed by atoms with Crippen molar-refractivity contribution >= 4 is 17.9 Å². The second-order valence-corrected chi connectivity index (χ2v) is 20.6. The van der Waals surface area contributed by atoms with Crippen LogP contribution in [0.4, 0.5) is 0 Å². The normalized spacial score (nSPS) is 12.6. The van der Waals surface area contributed by atoms with Crippen LogP contribution in [0.1, 0.15) is 303 Å². The predicted molar refractivity (Wildman–Crippen MR) is 316 cm³/mol. The molecule has 0 aliphatic heterocycles. The highest BCUT2D eigenvalue weighted by Gasteiger charge is 2.19. The molecule has 6 nitrogen and oxygen atoms in total. The molecule has 0 aliphatic rings. The first-order valence-electron chi connectivity index (χ1n) is 31.1. The Bertz CT molecular complexity index is 1400. The van der Waals surface area contributed by atoms with Crippen LogP contribution in [-0.2, 0) is 28.6 Å². The standard InChI is InChI=1S/C67H116O6/c1-4-7-10-13-16-19-22-25-28-31-33-36-39-42-45-48-51-54-57-60-66(69)72-63-64(62-71-65(68)59-56-53-50-47-44-41-38-35-30-27-24-21-18-15-12-9-6-3)73-67(70)61-58-55-52-49-46-43-40-37-34-32-29-26-23-20-17-14-11-8-5-2/h16,18-19,21,25-30,38,41,47,50,64H,4-15,17,20,22-24,31-37,39-40,42-46,48-49,51-63H2,1-3H3/b19-16-,21-18-,28-25-,29-26-,30-27-,41-38-,50-47-/t64-/m0/s1. The van der Waals surface area contributed by atoms with Gasteiger partial charge in [-0.2, -0.15) is 0 Å². The molecule has 1 atom stereocenters. The number of esters is 3. The first-order valence-corrected chi connectivity index (χ1v) is 31.1. The summed E-state index contributed by atoms with van der Waals surface area (Å²) in [6.07, 6.45) is 80.1. The van der Waals surface area contributed by atoms with Gasteiger partial charge in [0.2, 0.25) is 0 Å². The van der Waals surface area contributed by atoms with Gasteiger partial charge in [-0.1, -0.05) is 254 Å². The molecular weight excluding hydrogens is 901 g/mol. The highest BCUT2D eigenvalue weighted by atomic mass is 16.6. The van der Waals surface area contributed by atoms with Crippen molar-refractivity contribution in [1.82, 2.24) is 0 Å². The smallest absolute Gasteiger partial charge is 0.306 e. The van der Waals surface area contributed by atoms with E-state index >= 15 is 0 Å². The van der Waals surface area contributed by atoms with E-state index in [1.807, 2.05) is 0 Å². The van der Waals surface area contributed by atoms with Gasteiger partial charge in [0.15, 0.2) is 6.10 Å². The molecule has 73 heavy (non-hydrogen) atoms. The van der Waals surface area contributed by atoms with Gasteiger partial charge in [0, 0.05) is 19.3 Å². The van der Waals surface area contributed by atoms with E-state index in [9.17, 15) is 14.4 Å². The Balaban J connectivity index is 4.45. The van der Waals surface area contributed by atoms with Crippen LogP contribution in [-0.4, -0.2) is 37.2 Å². The molecule has 0 fully saturated rings. The first kappa shape index (κ1) is 69.6. The van der Waals surface area contributed by atoms with Crippen molar-refractivity contribution < 1.29 is 28.6 Å². The summed E-state index contributed by atoms with van der Waals surface area (Å²) in [7, 11) is 0. The van der Waals surface area contributed by atoms with Gasteiger partial charge in [0.05, 0.1) is 0 Å².